The fraction of sp³-hybridized carbons (Fsp3) is 0.360. The van der Waals surface area contributed by atoms with Gasteiger partial charge >= 0.3 is 12.1 Å². The highest BCUT2D eigenvalue weighted by Crippen LogP contribution is 2.68. The van der Waals surface area contributed by atoms with Crippen LogP contribution in [0.1, 0.15) is 19.3 Å². The fourth-order valence-electron chi connectivity index (χ4n) is 6.77. The highest BCUT2D eigenvalue weighted by atomic mass is 16.2. The number of nitrogens with zero attached hydrogens (tertiary/aromatic N) is 2. The zero-order valence-electron chi connectivity index (χ0n) is 18.1. The number of carbonyl (C=O) groups is 2. The second-order valence-corrected chi connectivity index (χ2v) is 9.42. The van der Waals surface area contributed by atoms with Gasteiger partial charge < -0.3 is 10.6 Å². The molecule has 6 rings (SSSR count). The van der Waals surface area contributed by atoms with Gasteiger partial charge in [-0.2, -0.15) is 10.2 Å². The van der Waals surface area contributed by atoms with E-state index >= 15 is 0 Å². The summed E-state index contributed by atoms with van der Waals surface area (Å²) in [5.41, 5.74) is 9.00. The number of urea groups is 2. The van der Waals surface area contributed by atoms with E-state index in [0.29, 0.717) is 35.5 Å². The zero-order chi connectivity index (χ0) is 22.4. The first kappa shape index (κ1) is 20.0. The largest absolute Gasteiger partial charge is 0.339 e. The van der Waals surface area contributed by atoms with Crippen LogP contribution in [0, 0.1) is 35.5 Å². The van der Waals surface area contributed by atoms with Gasteiger partial charge in [-0.1, -0.05) is 36.4 Å². The van der Waals surface area contributed by atoms with E-state index in [4.69, 9.17) is 0 Å². The van der Waals surface area contributed by atoms with Gasteiger partial charge in [-0.3, -0.25) is 0 Å². The summed E-state index contributed by atoms with van der Waals surface area (Å²) in [5.74, 6) is 3.09. The van der Waals surface area contributed by atoms with E-state index < -0.39 is 0 Å². The first-order valence-electron chi connectivity index (χ1n) is 11.5. The summed E-state index contributed by atoms with van der Waals surface area (Å²) >= 11 is 0. The molecule has 8 heteroatoms. The third kappa shape index (κ3) is 3.55. The van der Waals surface area contributed by atoms with E-state index in [0.717, 1.165) is 35.6 Å². The molecule has 4 aliphatic rings. The Morgan fingerprint density at radius 1 is 0.636 bits per heavy atom. The van der Waals surface area contributed by atoms with Gasteiger partial charge in [0.05, 0.1) is 0 Å². The second-order valence-electron chi connectivity index (χ2n) is 9.42. The summed E-state index contributed by atoms with van der Waals surface area (Å²) in [6.07, 6.45) is 3.11. The maximum atomic E-state index is 12.3. The van der Waals surface area contributed by atoms with Crippen LogP contribution in [0.15, 0.2) is 70.9 Å². The van der Waals surface area contributed by atoms with E-state index in [1.54, 1.807) is 0 Å². The fourth-order valence-corrected chi connectivity index (χ4v) is 6.77. The minimum absolute atomic E-state index is 0.313. The predicted molar refractivity (Wildman–Crippen MR) is 127 cm³/mol. The van der Waals surface area contributed by atoms with Gasteiger partial charge in [-0.05, 0) is 67.2 Å². The van der Waals surface area contributed by atoms with Gasteiger partial charge in [0.2, 0.25) is 0 Å². The molecule has 0 spiro atoms. The standard InChI is InChI=1S/C25H26N6O2/c32-24(26-14-7-3-1-4-8-14)30-28-20-12-16-17-13-21(23-19(17)11-18(16)22(20)23)29-31-25(33)27-15-9-5-2-6-10-15/h1-10,16-19,22-23H,11-13H2,(H2,26,30,32)(H2,27,31,33)/b28-20+,29-21+/t16-,17+,18-,19+,22-,23-/m1/s1. The van der Waals surface area contributed by atoms with Crippen LogP contribution in [0.3, 0.4) is 0 Å². The van der Waals surface area contributed by atoms with Crippen LogP contribution >= 0.6 is 0 Å². The molecule has 4 N–H and O–H groups in total. The molecule has 33 heavy (non-hydrogen) atoms. The smallest absolute Gasteiger partial charge is 0.307 e. The van der Waals surface area contributed by atoms with Crippen molar-refractivity contribution in [1.29, 1.82) is 0 Å². The van der Waals surface area contributed by atoms with E-state index in [9.17, 15) is 9.59 Å². The van der Waals surface area contributed by atoms with Crippen LogP contribution in [0.4, 0.5) is 21.0 Å². The zero-order valence-corrected chi connectivity index (χ0v) is 18.1. The van der Waals surface area contributed by atoms with Crippen LogP contribution in [0.25, 0.3) is 0 Å². The van der Waals surface area contributed by atoms with Gasteiger partial charge in [0, 0.05) is 34.6 Å². The average Bonchev–Trinajstić information content (AvgIpc) is 3.49. The van der Waals surface area contributed by atoms with Crippen molar-refractivity contribution in [3.63, 3.8) is 0 Å². The molecule has 8 nitrogen and oxygen atoms in total. The Morgan fingerprint density at radius 2 is 1.06 bits per heavy atom. The SMILES string of the molecule is O=C(N/N=C1\C[C@@H]2[C@@H]3C/C(=N\NC(=O)Nc4ccccc4)[C@H]4[C@H]3C[C@H]2[C@H]14)Nc1ccccc1. The maximum Gasteiger partial charge on any atom is 0.339 e. The molecule has 0 saturated heterocycles. The molecule has 0 aromatic heterocycles. The second kappa shape index (κ2) is 8.03. The molecule has 6 atom stereocenters. The van der Waals surface area contributed by atoms with Gasteiger partial charge in [-0.25, -0.2) is 20.4 Å². The van der Waals surface area contributed by atoms with E-state index in [1.165, 1.54) is 6.42 Å². The molecule has 0 heterocycles. The predicted octanol–water partition coefficient (Wildman–Crippen LogP) is 4.26. The number of hydrazone groups is 2. The quantitative estimate of drug-likeness (QED) is 0.531. The number of amides is 4. The molecule has 2 aromatic carbocycles. The van der Waals surface area contributed by atoms with Gasteiger partial charge in [0.1, 0.15) is 0 Å². The average molecular weight is 443 g/mol. The lowest BCUT2D eigenvalue weighted by molar-refractivity contribution is 0.241. The Hall–Kier alpha value is -3.68. The third-order valence-corrected chi connectivity index (χ3v) is 7.83. The number of rotatable bonds is 4. The van der Waals surface area contributed by atoms with Gasteiger partial charge in [0.25, 0.3) is 0 Å². The minimum atomic E-state index is -0.333. The topological polar surface area (TPSA) is 107 Å². The van der Waals surface area contributed by atoms with E-state index in [-0.39, 0.29) is 12.1 Å². The number of carbonyl (C=O) groups excluding carboxylic acids is 2. The monoisotopic (exact) mass is 442 g/mol. The van der Waals surface area contributed by atoms with Crippen molar-refractivity contribution in [2.75, 3.05) is 10.6 Å². The summed E-state index contributed by atoms with van der Waals surface area (Å²) in [4.78, 5) is 24.6. The number of benzene rings is 2. The molecule has 4 aliphatic carbocycles. The lowest BCUT2D eigenvalue weighted by Crippen LogP contribution is -2.31. The minimum Gasteiger partial charge on any atom is -0.307 e. The Morgan fingerprint density at radius 3 is 1.48 bits per heavy atom. The molecule has 0 unspecified atom stereocenters. The van der Waals surface area contributed by atoms with Crippen LogP contribution in [-0.4, -0.2) is 23.5 Å². The van der Waals surface area contributed by atoms with Crippen LogP contribution in [0.5, 0.6) is 0 Å². The Kier molecular flexibility index (Phi) is 4.86. The summed E-state index contributed by atoms with van der Waals surface area (Å²) in [7, 11) is 0. The highest BCUT2D eigenvalue weighted by molar-refractivity contribution is 6.02. The maximum absolute atomic E-state index is 12.3. The van der Waals surface area contributed by atoms with Crippen molar-refractivity contribution >= 4 is 34.9 Å². The Labute approximate surface area is 191 Å². The Bertz CT molecular complexity index is 1040. The molecular formula is C25H26N6O2. The molecule has 2 bridgehead atoms. The molecule has 2 aromatic rings. The molecule has 4 amide bonds. The third-order valence-electron chi connectivity index (χ3n) is 7.83. The summed E-state index contributed by atoms with van der Waals surface area (Å²) in [6.45, 7) is 0. The van der Waals surface area contributed by atoms with Crippen molar-refractivity contribution in [2.45, 2.75) is 19.3 Å². The number of hydrogen-bond acceptors (Lipinski definition) is 4. The van der Waals surface area contributed by atoms with Crippen molar-refractivity contribution in [3.8, 4) is 0 Å². The lowest BCUT2D eigenvalue weighted by Gasteiger charge is -2.24. The molecule has 168 valence electrons. The molecule has 4 saturated carbocycles. The van der Waals surface area contributed by atoms with E-state index in [2.05, 4.69) is 31.7 Å². The first-order valence-corrected chi connectivity index (χ1v) is 11.5. The molecular weight excluding hydrogens is 416 g/mol. The number of hydrogen-bond donors (Lipinski definition) is 4. The van der Waals surface area contributed by atoms with Gasteiger partial charge in [0.15, 0.2) is 0 Å². The summed E-state index contributed by atoms with van der Waals surface area (Å²) < 4.78 is 0. The van der Waals surface area contributed by atoms with Gasteiger partial charge in [-0.15, -0.1) is 0 Å². The van der Waals surface area contributed by atoms with E-state index in [1.807, 2.05) is 60.7 Å². The van der Waals surface area contributed by atoms with Crippen molar-refractivity contribution in [2.24, 2.45) is 45.7 Å². The van der Waals surface area contributed by atoms with Crippen LogP contribution < -0.4 is 21.5 Å². The molecule has 0 radical (unpaired) electrons. The van der Waals surface area contributed by atoms with Crippen molar-refractivity contribution in [3.05, 3.63) is 60.7 Å². The summed E-state index contributed by atoms with van der Waals surface area (Å²) in [5, 5.41) is 14.7. The Balaban J connectivity index is 1.13. The van der Waals surface area contributed by atoms with Crippen molar-refractivity contribution in [1.82, 2.24) is 10.9 Å². The first-order chi connectivity index (χ1) is 16.2. The molecule has 4 fully saturated rings. The normalized spacial score (nSPS) is 32.8. The van der Waals surface area contributed by atoms with Crippen LogP contribution in [-0.2, 0) is 0 Å². The number of para-hydroxylation sites is 2. The number of anilines is 2. The number of fused-ring (bicyclic) bond motifs is 2. The van der Waals surface area contributed by atoms with Crippen molar-refractivity contribution < 1.29 is 9.59 Å². The molecule has 0 aliphatic heterocycles. The number of nitrogens with one attached hydrogen (secondary N) is 4. The lowest BCUT2D eigenvalue weighted by atomic mass is 9.79. The highest BCUT2D eigenvalue weighted by Gasteiger charge is 2.67. The van der Waals surface area contributed by atoms with Crippen LogP contribution in [0.2, 0.25) is 0 Å². The summed E-state index contributed by atoms with van der Waals surface area (Å²) in [6, 6.07) is 18.0.